The lowest BCUT2D eigenvalue weighted by molar-refractivity contribution is -0.141. The number of hydrogen-bond donors (Lipinski definition) is 1. The van der Waals surface area contributed by atoms with Crippen molar-refractivity contribution in [3.05, 3.63) is 33.4 Å². The Labute approximate surface area is 116 Å². The highest BCUT2D eigenvalue weighted by molar-refractivity contribution is 9.10. The molecule has 0 aliphatic carbocycles. The Hall–Kier alpha value is -1.30. The standard InChI is InChI=1S/C13H12BrF3N2/c1-3-7-4-8(14)5-9-10(18)6(2)12(13(15,16)17)19-11(7)9/h4-5H,3H2,1-2H3,(H2,18,19). The number of alkyl halides is 3. The number of nitrogens with zero attached hydrogens (tertiary/aromatic N) is 1. The average Bonchev–Trinajstić information content (AvgIpc) is 2.31. The number of nitrogen functional groups attached to an aromatic ring is 1. The van der Waals surface area contributed by atoms with Gasteiger partial charge < -0.3 is 5.73 Å². The largest absolute Gasteiger partial charge is 0.433 e. The molecule has 0 aliphatic heterocycles. The molecule has 0 unspecified atom stereocenters. The van der Waals surface area contributed by atoms with Gasteiger partial charge in [-0.05, 0) is 31.0 Å². The van der Waals surface area contributed by atoms with Crippen molar-refractivity contribution in [3.8, 4) is 0 Å². The van der Waals surface area contributed by atoms with Crippen molar-refractivity contribution < 1.29 is 13.2 Å². The number of anilines is 1. The average molecular weight is 333 g/mol. The van der Waals surface area contributed by atoms with Crippen molar-refractivity contribution in [3.63, 3.8) is 0 Å². The smallest absolute Gasteiger partial charge is 0.398 e. The summed E-state index contributed by atoms with van der Waals surface area (Å²) in [6, 6.07) is 3.47. The highest BCUT2D eigenvalue weighted by atomic mass is 79.9. The first-order chi connectivity index (χ1) is 8.75. The Morgan fingerprint density at radius 2 is 1.95 bits per heavy atom. The maximum atomic E-state index is 12.9. The Bertz CT molecular complexity index is 651. The summed E-state index contributed by atoms with van der Waals surface area (Å²) in [6.45, 7) is 3.21. The number of hydrogen-bond acceptors (Lipinski definition) is 2. The Morgan fingerprint density at radius 3 is 2.47 bits per heavy atom. The van der Waals surface area contributed by atoms with E-state index in [4.69, 9.17) is 5.73 Å². The minimum atomic E-state index is -4.50. The van der Waals surface area contributed by atoms with Crippen LogP contribution in [0.3, 0.4) is 0 Å². The molecular weight excluding hydrogens is 321 g/mol. The van der Waals surface area contributed by atoms with Gasteiger partial charge in [-0.25, -0.2) is 4.98 Å². The van der Waals surface area contributed by atoms with Gasteiger partial charge in [0.25, 0.3) is 0 Å². The van der Waals surface area contributed by atoms with E-state index in [0.29, 0.717) is 17.3 Å². The second kappa shape index (κ2) is 4.67. The number of rotatable bonds is 1. The fourth-order valence-corrected chi connectivity index (χ4v) is 2.57. The predicted molar refractivity (Wildman–Crippen MR) is 73.0 cm³/mol. The third kappa shape index (κ3) is 2.41. The summed E-state index contributed by atoms with van der Waals surface area (Å²) >= 11 is 3.34. The van der Waals surface area contributed by atoms with Gasteiger partial charge in [-0.3, -0.25) is 0 Å². The van der Waals surface area contributed by atoms with Gasteiger partial charge in [0.2, 0.25) is 0 Å². The van der Waals surface area contributed by atoms with Gasteiger partial charge in [0.1, 0.15) is 5.69 Å². The van der Waals surface area contributed by atoms with Crippen LogP contribution in [0.2, 0.25) is 0 Å². The zero-order valence-corrected chi connectivity index (χ0v) is 12.0. The lowest BCUT2D eigenvalue weighted by Crippen LogP contribution is -2.13. The molecule has 1 aromatic carbocycles. The van der Waals surface area contributed by atoms with Gasteiger partial charge in [-0.2, -0.15) is 13.2 Å². The second-order valence-corrected chi connectivity index (χ2v) is 5.23. The summed E-state index contributed by atoms with van der Waals surface area (Å²) < 4.78 is 39.6. The molecule has 102 valence electrons. The van der Waals surface area contributed by atoms with Crippen LogP contribution in [0.15, 0.2) is 16.6 Å². The molecule has 2 N–H and O–H groups in total. The molecule has 1 heterocycles. The highest BCUT2D eigenvalue weighted by Crippen LogP contribution is 2.37. The molecule has 0 aliphatic rings. The maximum absolute atomic E-state index is 12.9. The molecule has 0 saturated carbocycles. The van der Waals surface area contributed by atoms with Crippen LogP contribution in [0, 0.1) is 6.92 Å². The Kier molecular flexibility index (Phi) is 3.47. The lowest BCUT2D eigenvalue weighted by atomic mass is 10.0. The molecule has 2 nitrogen and oxygen atoms in total. The number of halogens is 4. The predicted octanol–water partition coefficient (Wildman–Crippen LogP) is 4.47. The quantitative estimate of drug-likeness (QED) is 0.836. The van der Waals surface area contributed by atoms with Crippen LogP contribution in [0.5, 0.6) is 0 Å². The van der Waals surface area contributed by atoms with Crippen LogP contribution < -0.4 is 5.73 Å². The van der Waals surface area contributed by atoms with Crippen molar-refractivity contribution in [2.45, 2.75) is 26.4 Å². The Morgan fingerprint density at radius 1 is 1.32 bits per heavy atom. The summed E-state index contributed by atoms with van der Waals surface area (Å²) in [6.07, 6.45) is -3.91. The fraction of sp³-hybridized carbons (Fsp3) is 0.308. The summed E-state index contributed by atoms with van der Waals surface area (Å²) in [5, 5.41) is 0.553. The van der Waals surface area contributed by atoms with E-state index in [9.17, 15) is 13.2 Å². The summed E-state index contributed by atoms with van der Waals surface area (Å²) in [5.74, 6) is 0. The molecule has 2 aromatic rings. The normalized spacial score (nSPS) is 12.1. The van der Waals surface area contributed by atoms with E-state index in [2.05, 4.69) is 20.9 Å². The molecule has 0 atom stereocenters. The molecule has 0 fully saturated rings. The van der Waals surface area contributed by atoms with E-state index < -0.39 is 11.9 Å². The van der Waals surface area contributed by atoms with Gasteiger partial charge in [-0.1, -0.05) is 22.9 Å². The van der Waals surface area contributed by atoms with Gasteiger partial charge in [0.05, 0.1) is 5.52 Å². The molecule has 0 radical (unpaired) electrons. The maximum Gasteiger partial charge on any atom is 0.433 e. The highest BCUT2D eigenvalue weighted by Gasteiger charge is 2.36. The number of nitrogens with two attached hydrogens (primary N) is 1. The van der Waals surface area contributed by atoms with Crippen LogP contribution in [0.25, 0.3) is 10.9 Å². The Balaban J connectivity index is 2.93. The van der Waals surface area contributed by atoms with Gasteiger partial charge in [0, 0.05) is 21.1 Å². The number of benzene rings is 1. The van der Waals surface area contributed by atoms with E-state index >= 15 is 0 Å². The monoisotopic (exact) mass is 332 g/mol. The van der Waals surface area contributed by atoms with Crippen LogP contribution in [0.4, 0.5) is 18.9 Å². The lowest BCUT2D eigenvalue weighted by Gasteiger charge is -2.15. The minimum absolute atomic E-state index is 0.0276. The van der Waals surface area contributed by atoms with Gasteiger partial charge in [-0.15, -0.1) is 0 Å². The number of fused-ring (bicyclic) bond motifs is 1. The molecule has 0 bridgehead atoms. The number of aromatic nitrogens is 1. The number of pyridine rings is 1. The first-order valence-corrected chi connectivity index (χ1v) is 6.50. The molecular formula is C13H12BrF3N2. The van der Waals surface area contributed by atoms with Crippen molar-refractivity contribution in [1.82, 2.24) is 4.98 Å². The van der Waals surface area contributed by atoms with Crippen LogP contribution in [-0.4, -0.2) is 4.98 Å². The molecule has 6 heteroatoms. The van der Waals surface area contributed by atoms with Crippen LogP contribution in [-0.2, 0) is 12.6 Å². The van der Waals surface area contributed by atoms with E-state index in [1.807, 2.05) is 6.92 Å². The molecule has 19 heavy (non-hydrogen) atoms. The first kappa shape index (κ1) is 14.1. The minimum Gasteiger partial charge on any atom is -0.398 e. The van der Waals surface area contributed by atoms with Gasteiger partial charge >= 0.3 is 6.18 Å². The fourth-order valence-electron chi connectivity index (χ4n) is 2.06. The van der Waals surface area contributed by atoms with Crippen molar-refractivity contribution >= 4 is 32.5 Å². The van der Waals surface area contributed by atoms with Crippen molar-refractivity contribution in [2.75, 3.05) is 5.73 Å². The summed E-state index contributed by atoms with van der Waals surface area (Å²) in [4.78, 5) is 3.79. The van der Waals surface area contributed by atoms with Gasteiger partial charge in [0.15, 0.2) is 0 Å². The van der Waals surface area contributed by atoms with E-state index in [0.717, 1.165) is 10.0 Å². The molecule has 0 spiro atoms. The molecule has 2 rings (SSSR count). The van der Waals surface area contributed by atoms with E-state index in [1.165, 1.54) is 6.92 Å². The molecule has 1 aromatic heterocycles. The zero-order chi connectivity index (χ0) is 14.4. The zero-order valence-electron chi connectivity index (χ0n) is 10.4. The van der Waals surface area contributed by atoms with Crippen LogP contribution in [0.1, 0.15) is 23.7 Å². The molecule has 0 saturated heterocycles. The van der Waals surface area contributed by atoms with Crippen molar-refractivity contribution in [1.29, 1.82) is 0 Å². The van der Waals surface area contributed by atoms with Crippen molar-refractivity contribution in [2.24, 2.45) is 0 Å². The second-order valence-electron chi connectivity index (χ2n) is 4.31. The SMILES string of the molecule is CCc1cc(Br)cc2c(N)c(C)c(C(F)(F)F)nc12. The third-order valence-electron chi connectivity index (χ3n) is 3.08. The first-order valence-electron chi connectivity index (χ1n) is 5.71. The summed E-state index contributed by atoms with van der Waals surface area (Å²) in [5.41, 5.74) is 6.10. The topological polar surface area (TPSA) is 38.9 Å². The van der Waals surface area contributed by atoms with E-state index in [1.54, 1.807) is 12.1 Å². The summed E-state index contributed by atoms with van der Waals surface area (Å²) in [7, 11) is 0. The van der Waals surface area contributed by atoms with E-state index in [-0.39, 0.29) is 11.3 Å². The molecule has 0 amide bonds. The number of aryl methyl sites for hydroxylation is 1. The van der Waals surface area contributed by atoms with Crippen LogP contribution >= 0.6 is 15.9 Å². The third-order valence-corrected chi connectivity index (χ3v) is 3.53.